The van der Waals surface area contributed by atoms with Crippen LogP contribution in [0.5, 0.6) is 0 Å². The van der Waals surface area contributed by atoms with E-state index in [1.807, 2.05) is 0 Å². The van der Waals surface area contributed by atoms with Crippen molar-refractivity contribution in [3.8, 4) is 0 Å². The molecule has 0 atom stereocenters. The lowest BCUT2D eigenvalue weighted by Crippen LogP contribution is -2.12. The molecule has 0 saturated heterocycles. The number of carbonyl (C=O) groups excluding carboxylic acids is 2. The molecule has 0 spiro atoms. The first kappa shape index (κ1) is 18.9. The van der Waals surface area contributed by atoms with Crippen LogP contribution >= 0.6 is 23.2 Å². The number of anilines is 1. The zero-order valence-corrected chi connectivity index (χ0v) is 15.8. The van der Waals surface area contributed by atoms with Gasteiger partial charge in [-0.1, -0.05) is 29.3 Å². The van der Waals surface area contributed by atoms with Gasteiger partial charge in [0, 0.05) is 27.4 Å². The molecule has 27 heavy (non-hydrogen) atoms. The van der Waals surface area contributed by atoms with Crippen LogP contribution < -0.4 is 5.32 Å². The number of carbonyl (C=O) groups is 2. The van der Waals surface area contributed by atoms with Crippen LogP contribution in [0.15, 0.2) is 54.9 Å². The Labute approximate surface area is 165 Å². The SMILES string of the molecule is COC(=O)c1ccc(C(=O)Nc2cnn(Cc3c(Cl)cccc3Cl)c2)cc1. The molecule has 3 rings (SSSR count). The van der Waals surface area contributed by atoms with E-state index in [9.17, 15) is 9.59 Å². The molecule has 0 radical (unpaired) electrons. The van der Waals surface area contributed by atoms with Crippen molar-refractivity contribution >= 4 is 40.8 Å². The molecule has 138 valence electrons. The van der Waals surface area contributed by atoms with Gasteiger partial charge < -0.3 is 10.1 Å². The minimum absolute atomic E-state index is 0.318. The Bertz CT molecular complexity index is 964. The molecule has 0 unspecified atom stereocenters. The summed E-state index contributed by atoms with van der Waals surface area (Å²) < 4.78 is 6.26. The summed E-state index contributed by atoms with van der Waals surface area (Å²) in [4.78, 5) is 23.8. The molecular formula is C19H15Cl2N3O3. The first-order valence-corrected chi connectivity index (χ1v) is 8.68. The van der Waals surface area contributed by atoms with E-state index >= 15 is 0 Å². The summed E-state index contributed by atoms with van der Waals surface area (Å²) in [5, 5.41) is 8.06. The summed E-state index contributed by atoms with van der Waals surface area (Å²) in [6.45, 7) is 0.377. The highest BCUT2D eigenvalue weighted by atomic mass is 35.5. The summed E-state index contributed by atoms with van der Waals surface area (Å²) in [6.07, 6.45) is 3.21. The van der Waals surface area contributed by atoms with Gasteiger partial charge in [-0.05, 0) is 36.4 Å². The van der Waals surface area contributed by atoms with Gasteiger partial charge in [-0.25, -0.2) is 4.79 Å². The molecule has 0 aliphatic rings. The number of halogens is 2. The molecular weight excluding hydrogens is 389 g/mol. The van der Waals surface area contributed by atoms with Crippen LogP contribution in [0.25, 0.3) is 0 Å². The number of rotatable bonds is 5. The molecule has 1 heterocycles. The molecule has 2 aromatic carbocycles. The molecule has 0 saturated carbocycles. The third kappa shape index (κ3) is 4.48. The van der Waals surface area contributed by atoms with Crippen molar-refractivity contribution in [3.05, 3.63) is 81.6 Å². The fourth-order valence-electron chi connectivity index (χ4n) is 2.44. The maximum absolute atomic E-state index is 12.3. The van der Waals surface area contributed by atoms with E-state index in [4.69, 9.17) is 23.2 Å². The first-order valence-electron chi connectivity index (χ1n) is 7.93. The molecule has 6 nitrogen and oxygen atoms in total. The Hall–Kier alpha value is -2.83. The fraction of sp³-hybridized carbons (Fsp3) is 0.105. The topological polar surface area (TPSA) is 73.2 Å². The Kier molecular flexibility index (Phi) is 5.78. The highest BCUT2D eigenvalue weighted by Crippen LogP contribution is 2.25. The van der Waals surface area contributed by atoms with Gasteiger partial charge in [0.2, 0.25) is 0 Å². The summed E-state index contributed by atoms with van der Waals surface area (Å²) in [5.41, 5.74) is 2.06. The Balaban J connectivity index is 1.68. The zero-order valence-electron chi connectivity index (χ0n) is 14.3. The molecule has 1 N–H and O–H groups in total. The average Bonchev–Trinajstić information content (AvgIpc) is 3.11. The lowest BCUT2D eigenvalue weighted by Gasteiger charge is -2.07. The number of amides is 1. The summed E-state index contributed by atoms with van der Waals surface area (Å²) in [5.74, 6) is -0.775. The molecule has 0 aliphatic heterocycles. The number of ether oxygens (including phenoxy) is 1. The van der Waals surface area contributed by atoms with E-state index in [-0.39, 0.29) is 5.91 Å². The van der Waals surface area contributed by atoms with Crippen LogP contribution in [-0.4, -0.2) is 28.8 Å². The third-order valence-electron chi connectivity index (χ3n) is 3.84. The summed E-state index contributed by atoms with van der Waals surface area (Å²) in [6, 6.07) is 11.5. The van der Waals surface area contributed by atoms with Crippen molar-refractivity contribution in [2.45, 2.75) is 6.54 Å². The van der Waals surface area contributed by atoms with E-state index in [0.29, 0.717) is 33.4 Å². The van der Waals surface area contributed by atoms with Gasteiger partial charge in [0.1, 0.15) is 0 Å². The number of benzene rings is 2. The smallest absolute Gasteiger partial charge is 0.337 e. The van der Waals surface area contributed by atoms with Gasteiger partial charge in [0.25, 0.3) is 5.91 Å². The van der Waals surface area contributed by atoms with Crippen molar-refractivity contribution in [3.63, 3.8) is 0 Å². The maximum Gasteiger partial charge on any atom is 0.337 e. The van der Waals surface area contributed by atoms with E-state index in [1.54, 1.807) is 41.2 Å². The molecule has 1 amide bonds. The normalized spacial score (nSPS) is 10.5. The van der Waals surface area contributed by atoms with Crippen LogP contribution in [0.1, 0.15) is 26.3 Å². The Morgan fingerprint density at radius 3 is 2.33 bits per heavy atom. The number of hydrogen-bond acceptors (Lipinski definition) is 4. The van der Waals surface area contributed by atoms with Gasteiger partial charge in [-0.15, -0.1) is 0 Å². The highest BCUT2D eigenvalue weighted by Gasteiger charge is 2.11. The van der Waals surface area contributed by atoms with Crippen LogP contribution in [0.4, 0.5) is 5.69 Å². The van der Waals surface area contributed by atoms with Crippen molar-refractivity contribution in [2.24, 2.45) is 0 Å². The second kappa shape index (κ2) is 8.24. The third-order valence-corrected chi connectivity index (χ3v) is 4.55. The average molecular weight is 404 g/mol. The molecule has 0 bridgehead atoms. The van der Waals surface area contributed by atoms with Crippen LogP contribution in [0.3, 0.4) is 0 Å². The van der Waals surface area contributed by atoms with Crippen molar-refractivity contribution in [2.75, 3.05) is 12.4 Å². The van der Waals surface area contributed by atoms with Crippen molar-refractivity contribution in [1.29, 1.82) is 0 Å². The largest absolute Gasteiger partial charge is 0.465 e. The number of aromatic nitrogens is 2. The zero-order chi connectivity index (χ0) is 19.4. The van der Waals surface area contributed by atoms with Gasteiger partial charge in [0.05, 0.1) is 31.1 Å². The summed E-state index contributed by atoms with van der Waals surface area (Å²) >= 11 is 12.3. The van der Waals surface area contributed by atoms with E-state index in [0.717, 1.165) is 5.56 Å². The highest BCUT2D eigenvalue weighted by molar-refractivity contribution is 6.35. The van der Waals surface area contributed by atoms with Crippen LogP contribution in [0, 0.1) is 0 Å². The van der Waals surface area contributed by atoms with E-state index < -0.39 is 5.97 Å². The molecule has 3 aromatic rings. The lowest BCUT2D eigenvalue weighted by molar-refractivity contribution is 0.0600. The maximum atomic E-state index is 12.3. The van der Waals surface area contributed by atoms with Crippen LogP contribution in [0.2, 0.25) is 10.0 Å². The van der Waals surface area contributed by atoms with E-state index in [2.05, 4.69) is 15.2 Å². The number of hydrogen-bond donors (Lipinski definition) is 1. The second-order valence-corrected chi connectivity index (χ2v) is 6.46. The predicted octanol–water partition coefficient (Wildman–Crippen LogP) is 4.28. The number of methoxy groups -OCH3 is 1. The quantitative estimate of drug-likeness (QED) is 0.645. The number of esters is 1. The molecule has 1 aromatic heterocycles. The second-order valence-electron chi connectivity index (χ2n) is 5.65. The molecule has 0 fully saturated rings. The predicted molar refractivity (Wildman–Crippen MR) is 104 cm³/mol. The first-order chi connectivity index (χ1) is 13.0. The number of nitrogens with one attached hydrogen (secondary N) is 1. The molecule has 8 heteroatoms. The van der Waals surface area contributed by atoms with Gasteiger partial charge >= 0.3 is 5.97 Å². The van der Waals surface area contributed by atoms with E-state index in [1.165, 1.54) is 25.4 Å². The van der Waals surface area contributed by atoms with Crippen molar-refractivity contribution < 1.29 is 14.3 Å². The fourth-order valence-corrected chi connectivity index (χ4v) is 2.96. The van der Waals surface area contributed by atoms with Gasteiger partial charge in [-0.2, -0.15) is 5.10 Å². The Morgan fingerprint density at radius 1 is 1.07 bits per heavy atom. The van der Waals surface area contributed by atoms with Crippen molar-refractivity contribution in [1.82, 2.24) is 9.78 Å². The number of nitrogens with zero attached hydrogens (tertiary/aromatic N) is 2. The van der Waals surface area contributed by atoms with Crippen LogP contribution in [-0.2, 0) is 11.3 Å². The lowest BCUT2D eigenvalue weighted by atomic mass is 10.1. The molecule has 0 aliphatic carbocycles. The Morgan fingerprint density at radius 2 is 1.70 bits per heavy atom. The van der Waals surface area contributed by atoms with Gasteiger partial charge in [-0.3, -0.25) is 9.48 Å². The summed E-state index contributed by atoms with van der Waals surface area (Å²) in [7, 11) is 1.30. The monoisotopic (exact) mass is 403 g/mol. The minimum Gasteiger partial charge on any atom is -0.465 e. The van der Waals surface area contributed by atoms with Gasteiger partial charge in [0.15, 0.2) is 0 Å². The minimum atomic E-state index is -0.457. The standard InChI is InChI=1S/C19H15Cl2N3O3/c1-27-19(26)13-7-5-12(6-8-13)18(25)23-14-9-22-24(10-14)11-15-16(20)3-2-4-17(15)21/h2-10H,11H2,1H3,(H,23,25).